The highest BCUT2D eigenvalue weighted by molar-refractivity contribution is 4.88. The molecule has 1 saturated heterocycles. The van der Waals surface area contributed by atoms with E-state index in [4.69, 9.17) is 9.84 Å². The lowest BCUT2D eigenvalue weighted by Crippen LogP contribution is -2.53. The van der Waals surface area contributed by atoms with E-state index in [1.807, 2.05) is 6.92 Å². The highest BCUT2D eigenvalue weighted by atomic mass is 16.5. The van der Waals surface area contributed by atoms with Gasteiger partial charge in [0.25, 0.3) is 0 Å². The number of piperidine rings is 1. The normalized spacial score (nSPS) is 35.6. The lowest BCUT2D eigenvalue weighted by molar-refractivity contribution is -0.0123. The zero-order valence-corrected chi connectivity index (χ0v) is 8.94. The number of aliphatic hydroxyl groups excluding tert-OH is 2. The molecule has 1 aliphatic rings. The number of ether oxygens (including phenoxy) is 1. The summed E-state index contributed by atoms with van der Waals surface area (Å²) in [6.07, 6.45) is 1.42. The molecule has 0 saturated carbocycles. The molecule has 1 heterocycles. The first-order chi connectivity index (χ1) is 6.67. The average Bonchev–Trinajstić information content (AvgIpc) is 2.17. The van der Waals surface area contributed by atoms with Crippen LogP contribution in [-0.2, 0) is 4.74 Å². The fourth-order valence-electron chi connectivity index (χ4n) is 1.97. The molecule has 0 radical (unpaired) electrons. The third-order valence-corrected chi connectivity index (χ3v) is 2.72. The molecule has 0 bridgehead atoms. The largest absolute Gasteiger partial charge is 0.395 e. The molecule has 1 fully saturated rings. The fourth-order valence-corrected chi connectivity index (χ4v) is 1.97. The van der Waals surface area contributed by atoms with E-state index in [2.05, 4.69) is 5.32 Å². The van der Waals surface area contributed by atoms with Crippen molar-refractivity contribution in [3.05, 3.63) is 0 Å². The number of aliphatic hydroxyl groups is 2. The van der Waals surface area contributed by atoms with Crippen LogP contribution >= 0.6 is 0 Å². The molecular weight excluding hydrogens is 182 g/mol. The molecule has 0 spiro atoms. The molecule has 0 aromatic carbocycles. The summed E-state index contributed by atoms with van der Waals surface area (Å²) in [6, 6.07) is 0.0948. The number of nitrogens with one attached hydrogen (secondary N) is 1. The van der Waals surface area contributed by atoms with Crippen molar-refractivity contribution in [1.29, 1.82) is 0 Å². The van der Waals surface area contributed by atoms with Crippen molar-refractivity contribution in [3.63, 3.8) is 0 Å². The van der Waals surface area contributed by atoms with Gasteiger partial charge in [-0.3, -0.25) is 0 Å². The minimum Gasteiger partial charge on any atom is -0.395 e. The molecule has 0 amide bonds. The van der Waals surface area contributed by atoms with Gasteiger partial charge in [-0.15, -0.1) is 0 Å². The highest BCUT2D eigenvalue weighted by Gasteiger charge is 2.30. The van der Waals surface area contributed by atoms with Crippen LogP contribution in [0.25, 0.3) is 0 Å². The highest BCUT2D eigenvalue weighted by Crippen LogP contribution is 2.18. The second-order valence-corrected chi connectivity index (χ2v) is 3.94. The van der Waals surface area contributed by atoms with Gasteiger partial charge >= 0.3 is 0 Å². The van der Waals surface area contributed by atoms with Gasteiger partial charge in [0.1, 0.15) is 0 Å². The summed E-state index contributed by atoms with van der Waals surface area (Å²) in [4.78, 5) is 0. The Morgan fingerprint density at radius 3 is 2.71 bits per heavy atom. The van der Waals surface area contributed by atoms with Crippen molar-refractivity contribution in [3.8, 4) is 0 Å². The van der Waals surface area contributed by atoms with Crippen LogP contribution in [0, 0.1) is 0 Å². The Kier molecular flexibility index (Phi) is 4.81. The Bertz CT molecular complexity index is 163. The van der Waals surface area contributed by atoms with Crippen molar-refractivity contribution in [2.45, 2.75) is 51.0 Å². The maximum Gasteiger partial charge on any atom is 0.0666 e. The van der Waals surface area contributed by atoms with Gasteiger partial charge in [-0.2, -0.15) is 0 Å². The molecule has 4 heteroatoms. The molecule has 0 aromatic heterocycles. The second kappa shape index (κ2) is 5.66. The van der Waals surface area contributed by atoms with Gasteiger partial charge in [0, 0.05) is 18.7 Å². The van der Waals surface area contributed by atoms with E-state index in [0.717, 1.165) is 12.8 Å². The third-order valence-electron chi connectivity index (χ3n) is 2.72. The first-order valence-corrected chi connectivity index (χ1v) is 5.34. The fraction of sp³-hybridized carbons (Fsp3) is 1.00. The predicted molar refractivity (Wildman–Crippen MR) is 54.1 cm³/mol. The Balaban J connectivity index is 2.47. The standard InChI is InChI=1S/C10H21NO3/c1-3-14-9-4-8(6-12)11-10(5-9)7(2)13/h7-13H,3-6H2,1-2H3. The van der Waals surface area contributed by atoms with E-state index in [0.29, 0.717) is 6.61 Å². The van der Waals surface area contributed by atoms with Gasteiger partial charge < -0.3 is 20.3 Å². The first kappa shape index (κ1) is 11.9. The Morgan fingerprint density at radius 2 is 2.21 bits per heavy atom. The summed E-state index contributed by atoms with van der Waals surface area (Å²) >= 11 is 0. The third kappa shape index (κ3) is 3.20. The van der Waals surface area contributed by atoms with E-state index in [1.165, 1.54) is 0 Å². The molecule has 0 aromatic rings. The Hall–Kier alpha value is -0.160. The van der Waals surface area contributed by atoms with Gasteiger partial charge in [0.15, 0.2) is 0 Å². The lowest BCUT2D eigenvalue weighted by atomic mass is 9.93. The number of rotatable bonds is 4. The molecule has 84 valence electrons. The molecule has 4 nitrogen and oxygen atoms in total. The van der Waals surface area contributed by atoms with Crippen LogP contribution in [0.5, 0.6) is 0 Å². The monoisotopic (exact) mass is 203 g/mol. The SMILES string of the molecule is CCOC1CC(CO)NC(C(C)O)C1. The lowest BCUT2D eigenvalue weighted by Gasteiger charge is -2.36. The molecule has 1 rings (SSSR count). The zero-order chi connectivity index (χ0) is 10.6. The molecule has 0 aliphatic carbocycles. The molecular formula is C10H21NO3. The Labute approximate surface area is 85.3 Å². The summed E-state index contributed by atoms with van der Waals surface area (Å²) in [5.74, 6) is 0. The maximum atomic E-state index is 9.48. The first-order valence-electron chi connectivity index (χ1n) is 5.34. The van der Waals surface area contributed by atoms with Gasteiger partial charge in [-0.1, -0.05) is 0 Å². The summed E-state index contributed by atoms with van der Waals surface area (Å²) in [5, 5.41) is 21.8. The average molecular weight is 203 g/mol. The van der Waals surface area contributed by atoms with Crippen LogP contribution in [-0.4, -0.2) is 47.7 Å². The number of hydrogen-bond donors (Lipinski definition) is 3. The van der Waals surface area contributed by atoms with Crippen molar-refractivity contribution in [2.75, 3.05) is 13.2 Å². The van der Waals surface area contributed by atoms with E-state index < -0.39 is 6.10 Å². The van der Waals surface area contributed by atoms with Gasteiger partial charge in [-0.05, 0) is 26.7 Å². The van der Waals surface area contributed by atoms with Crippen molar-refractivity contribution < 1.29 is 14.9 Å². The molecule has 1 aliphatic heterocycles. The maximum absolute atomic E-state index is 9.48. The van der Waals surface area contributed by atoms with Crippen molar-refractivity contribution in [2.24, 2.45) is 0 Å². The summed E-state index contributed by atoms with van der Waals surface area (Å²) in [6.45, 7) is 4.52. The predicted octanol–water partition coefficient (Wildman–Crippen LogP) is -0.115. The summed E-state index contributed by atoms with van der Waals surface area (Å²) in [5.41, 5.74) is 0. The molecule has 3 N–H and O–H groups in total. The number of hydrogen-bond acceptors (Lipinski definition) is 4. The van der Waals surface area contributed by atoms with Crippen molar-refractivity contribution >= 4 is 0 Å². The minimum atomic E-state index is -0.396. The van der Waals surface area contributed by atoms with Crippen LogP contribution < -0.4 is 5.32 Å². The Morgan fingerprint density at radius 1 is 1.50 bits per heavy atom. The summed E-state index contributed by atoms with van der Waals surface area (Å²) in [7, 11) is 0. The smallest absolute Gasteiger partial charge is 0.0666 e. The van der Waals surface area contributed by atoms with E-state index in [1.54, 1.807) is 6.92 Å². The minimum absolute atomic E-state index is 0.0393. The van der Waals surface area contributed by atoms with Crippen LogP contribution in [0.4, 0.5) is 0 Å². The van der Waals surface area contributed by atoms with Crippen LogP contribution in [0.3, 0.4) is 0 Å². The quantitative estimate of drug-likeness (QED) is 0.596. The van der Waals surface area contributed by atoms with Crippen LogP contribution in [0.15, 0.2) is 0 Å². The molecule has 4 atom stereocenters. The topological polar surface area (TPSA) is 61.7 Å². The zero-order valence-electron chi connectivity index (χ0n) is 8.94. The van der Waals surface area contributed by atoms with Gasteiger partial charge in [-0.25, -0.2) is 0 Å². The van der Waals surface area contributed by atoms with Gasteiger partial charge in [0.2, 0.25) is 0 Å². The van der Waals surface area contributed by atoms with E-state index in [-0.39, 0.29) is 24.8 Å². The van der Waals surface area contributed by atoms with E-state index in [9.17, 15) is 5.11 Å². The van der Waals surface area contributed by atoms with Crippen LogP contribution in [0.2, 0.25) is 0 Å². The van der Waals surface area contributed by atoms with Crippen LogP contribution in [0.1, 0.15) is 26.7 Å². The summed E-state index contributed by atoms with van der Waals surface area (Å²) < 4.78 is 5.53. The second-order valence-electron chi connectivity index (χ2n) is 3.94. The van der Waals surface area contributed by atoms with Gasteiger partial charge in [0.05, 0.1) is 18.8 Å². The molecule has 14 heavy (non-hydrogen) atoms. The molecule has 4 unspecified atom stereocenters. The van der Waals surface area contributed by atoms with E-state index >= 15 is 0 Å². The van der Waals surface area contributed by atoms with Crippen molar-refractivity contribution in [1.82, 2.24) is 5.32 Å².